The van der Waals surface area contributed by atoms with Gasteiger partial charge in [0.25, 0.3) is 0 Å². The van der Waals surface area contributed by atoms with Crippen LogP contribution in [0, 0.1) is 0 Å². The number of hydrogen-bond acceptors (Lipinski definition) is 3. The number of nitrogens with zero attached hydrogens (tertiary/aromatic N) is 3. The van der Waals surface area contributed by atoms with Crippen molar-refractivity contribution < 1.29 is 4.79 Å². The van der Waals surface area contributed by atoms with Crippen LogP contribution in [0.2, 0.25) is 0 Å². The molecule has 0 saturated heterocycles. The molecule has 1 aliphatic rings. The van der Waals surface area contributed by atoms with Crippen LogP contribution < -0.4 is 15.9 Å². The van der Waals surface area contributed by atoms with Crippen molar-refractivity contribution in [2.45, 2.75) is 25.9 Å². The van der Waals surface area contributed by atoms with E-state index in [9.17, 15) is 9.59 Å². The molecular weight excluding hydrogens is 364 g/mol. The van der Waals surface area contributed by atoms with Gasteiger partial charge in [-0.25, -0.2) is 4.79 Å². The number of benzene rings is 2. The van der Waals surface area contributed by atoms with Crippen LogP contribution in [0.5, 0.6) is 0 Å². The third-order valence-corrected chi connectivity index (χ3v) is 5.30. The number of rotatable bonds is 4. The van der Waals surface area contributed by atoms with Crippen LogP contribution >= 0.6 is 0 Å². The summed E-state index contributed by atoms with van der Waals surface area (Å²) in [5, 5.41) is 2.74. The van der Waals surface area contributed by atoms with Crippen LogP contribution in [0.25, 0.3) is 5.69 Å². The van der Waals surface area contributed by atoms with Crippen molar-refractivity contribution in [3.8, 4) is 5.69 Å². The van der Waals surface area contributed by atoms with Gasteiger partial charge in [-0.3, -0.25) is 13.9 Å². The van der Waals surface area contributed by atoms with Crippen LogP contribution in [0.1, 0.15) is 20.3 Å². The highest BCUT2D eigenvalue weighted by Gasteiger charge is 2.35. The van der Waals surface area contributed by atoms with Crippen molar-refractivity contribution in [1.29, 1.82) is 0 Å². The van der Waals surface area contributed by atoms with E-state index < -0.39 is 5.66 Å². The molecule has 0 spiro atoms. The maximum atomic E-state index is 13.3. The number of hydrogen-bond donors (Lipinski definition) is 1. The number of anilines is 2. The van der Waals surface area contributed by atoms with Crippen LogP contribution in [0.4, 0.5) is 11.4 Å². The van der Waals surface area contributed by atoms with E-state index in [1.54, 1.807) is 27.5 Å². The Morgan fingerprint density at radius 1 is 1.00 bits per heavy atom. The van der Waals surface area contributed by atoms with E-state index in [0.29, 0.717) is 5.69 Å². The van der Waals surface area contributed by atoms with Crippen molar-refractivity contribution in [2.24, 2.45) is 0 Å². The summed E-state index contributed by atoms with van der Waals surface area (Å²) in [4.78, 5) is 26.8. The fraction of sp³-hybridized carbons (Fsp3) is 0.217. The summed E-state index contributed by atoms with van der Waals surface area (Å²) in [6.45, 7) is 4.36. The Labute approximate surface area is 169 Å². The number of carbonyl (C=O) groups is 1. The smallest absolute Gasteiger partial charge is 0.334 e. The molecule has 1 amide bonds. The standard InChI is InChI=1S/C23H24N4O2/c1-18(28)24-19-10-12-20(13-11-19)25-16-17-27(22(25)29)23(2)14-6-7-15-26(23)21-8-4-3-5-9-21/h3-6,8-14,16-17H,7,15H2,1-2H3,(H,24,28). The molecule has 0 bridgehead atoms. The minimum absolute atomic E-state index is 0.118. The van der Waals surface area contributed by atoms with Crippen LogP contribution in [0.3, 0.4) is 0 Å². The lowest BCUT2D eigenvalue weighted by Gasteiger charge is -2.43. The maximum absolute atomic E-state index is 13.3. The largest absolute Gasteiger partial charge is 0.345 e. The van der Waals surface area contributed by atoms with Gasteiger partial charge < -0.3 is 10.2 Å². The molecule has 1 N–H and O–H groups in total. The Bertz CT molecular complexity index is 1100. The number of imidazole rings is 1. The lowest BCUT2D eigenvalue weighted by Crippen LogP contribution is -2.53. The number of aromatic nitrogens is 2. The quantitative estimate of drug-likeness (QED) is 0.693. The highest BCUT2D eigenvalue weighted by Crippen LogP contribution is 2.32. The van der Waals surface area contributed by atoms with Gasteiger partial charge in [-0.1, -0.05) is 24.3 Å². The van der Waals surface area contributed by atoms with E-state index in [1.165, 1.54) is 6.92 Å². The molecule has 1 aromatic heterocycles. The molecule has 0 fully saturated rings. The van der Waals surface area contributed by atoms with Gasteiger partial charge in [0.2, 0.25) is 5.91 Å². The fourth-order valence-corrected chi connectivity index (χ4v) is 3.86. The zero-order valence-electron chi connectivity index (χ0n) is 16.6. The second-order valence-corrected chi connectivity index (χ2v) is 7.32. The molecule has 1 unspecified atom stereocenters. The first-order valence-corrected chi connectivity index (χ1v) is 9.68. The highest BCUT2D eigenvalue weighted by molar-refractivity contribution is 5.88. The second-order valence-electron chi connectivity index (χ2n) is 7.32. The summed E-state index contributed by atoms with van der Waals surface area (Å²) in [5.41, 5.74) is 1.81. The van der Waals surface area contributed by atoms with Gasteiger partial charge in [-0.2, -0.15) is 0 Å². The zero-order chi connectivity index (χ0) is 20.4. The molecule has 29 heavy (non-hydrogen) atoms. The van der Waals surface area contributed by atoms with Crippen LogP contribution in [-0.4, -0.2) is 21.6 Å². The summed E-state index contributed by atoms with van der Waals surface area (Å²) >= 11 is 0. The summed E-state index contributed by atoms with van der Waals surface area (Å²) in [5.74, 6) is -0.126. The van der Waals surface area contributed by atoms with Gasteiger partial charge in [-0.15, -0.1) is 0 Å². The topological polar surface area (TPSA) is 59.3 Å². The molecule has 1 aliphatic heterocycles. The molecule has 148 valence electrons. The van der Waals surface area contributed by atoms with E-state index in [0.717, 1.165) is 24.3 Å². The first-order chi connectivity index (χ1) is 14.0. The minimum Gasteiger partial charge on any atom is -0.345 e. The van der Waals surface area contributed by atoms with Gasteiger partial charge in [0.15, 0.2) is 0 Å². The predicted molar refractivity (Wildman–Crippen MR) is 116 cm³/mol. The Kier molecular flexibility index (Phi) is 4.84. The maximum Gasteiger partial charge on any atom is 0.334 e. The molecule has 2 heterocycles. The molecule has 6 nitrogen and oxygen atoms in total. The molecule has 0 aliphatic carbocycles. The summed E-state index contributed by atoms with van der Waals surface area (Å²) in [6.07, 6.45) is 8.77. The average molecular weight is 388 g/mol. The van der Waals surface area contributed by atoms with Gasteiger partial charge in [0, 0.05) is 37.2 Å². The van der Waals surface area contributed by atoms with E-state index in [4.69, 9.17) is 0 Å². The monoisotopic (exact) mass is 388 g/mol. The Morgan fingerprint density at radius 2 is 1.72 bits per heavy atom. The molecule has 4 rings (SSSR count). The van der Waals surface area contributed by atoms with E-state index >= 15 is 0 Å². The molecule has 0 saturated carbocycles. The third kappa shape index (κ3) is 3.49. The van der Waals surface area contributed by atoms with Crippen LogP contribution in [-0.2, 0) is 10.5 Å². The molecular formula is C23H24N4O2. The summed E-state index contributed by atoms with van der Waals surface area (Å²) < 4.78 is 3.38. The number of nitrogens with one attached hydrogen (secondary N) is 1. The third-order valence-electron chi connectivity index (χ3n) is 5.30. The molecule has 3 aromatic rings. The van der Waals surface area contributed by atoms with Gasteiger partial charge in [0.1, 0.15) is 5.66 Å². The number of amides is 1. The first-order valence-electron chi connectivity index (χ1n) is 9.68. The number of para-hydroxylation sites is 1. The van der Waals surface area contributed by atoms with Gasteiger partial charge in [0.05, 0.1) is 5.69 Å². The van der Waals surface area contributed by atoms with Crippen LogP contribution in [0.15, 0.2) is 83.9 Å². The first kappa shape index (κ1) is 18.8. The Hall–Kier alpha value is -3.54. The molecule has 0 radical (unpaired) electrons. The highest BCUT2D eigenvalue weighted by atomic mass is 16.2. The number of carbonyl (C=O) groups excluding carboxylic acids is 1. The molecule has 2 aromatic carbocycles. The van der Waals surface area contributed by atoms with E-state index in [-0.39, 0.29) is 11.6 Å². The lowest BCUT2D eigenvalue weighted by molar-refractivity contribution is -0.114. The Morgan fingerprint density at radius 3 is 2.41 bits per heavy atom. The van der Waals surface area contributed by atoms with Crippen molar-refractivity contribution in [3.05, 3.63) is 89.6 Å². The second kappa shape index (κ2) is 7.47. The molecule has 1 atom stereocenters. The summed E-state index contributed by atoms with van der Waals surface area (Å²) in [7, 11) is 0. The van der Waals surface area contributed by atoms with Crippen molar-refractivity contribution >= 4 is 17.3 Å². The Balaban J connectivity index is 1.72. The van der Waals surface area contributed by atoms with Crippen molar-refractivity contribution in [2.75, 3.05) is 16.8 Å². The predicted octanol–water partition coefficient (Wildman–Crippen LogP) is 3.74. The minimum atomic E-state index is -0.599. The zero-order valence-corrected chi connectivity index (χ0v) is 16.6. The summed E-state index contributed by atoms with van der Waals surface area (Å²) in [6, 6.07) is 17.4. The molecule has 6 heteroatoms. The van der Waals surface area contributed by atoms with Crippen molar-refractivity contribution in [1.82, 2.24) is 9.13 Å². The van der Waals surface area contributed by atoms with Crippen molar-refractivity contribution in [3.63, 3.8) is 0 Å². The fourth-order valence-electron chi connectivity index (χ4n) is 3.86. The average Bonchev–Trinajstić information content (AvgIpc) is 3.11. The normalized spacial score (nSPS) is 18.6. The van der Waals surface area contributed by atoms with Gasteiger partial charge >= 0.3 is 5.69 Å². The van der Waals surface area contributed by atoms with E-state index in [1.807, 2.05) is 36.5 Å². The lowest BCUT2D eigenvalue weighted by atomic mass is 10.0. The van der Waals surface area contributed by atoms with E-state index in [2.05, 4.69) is 41.4 Å². The van der Waals surface area contributed by atoms with Gasteiger partial charge in [-0.05, 0) is 55.8 Å². The SMILES string of the molecule is CC(=O)Nc1ccc(-n2ccn(C3(C)C=CCCN3c3ccccc3)c2=O)cc1.